The van der Waals surface area contributed by atoms with Crippen molar-refractivity contribution < 1.29 is 14.3 Å². The molecule has 1 fully saturated rings. The number of aromatic nitrogens is 2. The molecule has 4 rings (SSSR count). The van der Waals surface area contributed by atoms with E-state index in [0.717, 1.165) is 28.8 Å². The lowest BCUT2D eigenvalue weighted by Crippen LogP contribution is -2.29. The minimum absolute atomic E-state index is 0.348. The fraction of sp³-hybridized carbons (Fsp3) is 0.211. The SMILES string of the molecule is CCCOc1ccc([C@@H]2C(=O)NC(=O)N2c2ccc3[nH]cnc3c2)cc1. The van der Waals surface area contributed by atoms with Gasteiger partial charge in [-0.2, -0.15) is 0 Å². The summed E-state index contributed by atoms with van der Waals surface area (Å²) in [5, 5.41) is 2.39. The number of nitrogens with zero attached hydrogens (tertiary/aromatic N) is 2. The molecule has 1 aliphatic rings. The molecule has 3 amide bonds. The molecular formula is C19H18N4O3. The van der Waals surface area contributed by atoms with Gasteiger partial charge in [-0.25, -0.2) is 9.78 Å². The zero-order chi connectivity index (χ0) is 18.1. The Morgan fingerprint density at radius 1 is 1.15 bits per heavy atom. The summed E-state index contributed by atoms with van der Waals surface area (Å²) in [6, 6.07) is 11.5. The number of rotatable bonds is 5. The van der Waals surface area contributed by atoms with Gasteiger partial charge in [0.25, 0.3) is 5.91 Å². The molecule has 2 aromatic carbocycles. The number of amides is 3. The fourth-order valence-electron chi connectivity index (χ4n) is 3.07. The Balaban J connectivity index is 1.68. The predicted octanol–water partition coefficient (Wildman–Crippen LogP) is 3.15. The summed E-state index contributed by atoms with van der Waals surface area (Å²) in [6.07, 6.45) is 2.51. The third kappa shape index (κ3) is 2.77. The van der Waals surface area contributed by atoms with Crippen LogP contribution in [-0.2, 0) is 4.79 Å². The summed E-state index contributed by atoms with van der Waals surface area (Å²) < 4.78 is 5.58. The maximum atomic E-state index is 12.4. The van der Waals surface area contributed by atoms with Crippen LogP contribution in [-0.4, -0.2) is 28.5 Å². The van der Waals surface area contributed by atoms with Crippen LogP contribution in [0.5, 0.6) is 5.75 Å². The number of benzene rings is 2. The second kappa shape index (κ2) is 6.51. The third-order valence-corrected chi connectivity index (χ3v) is 4.31. The number of hydrogen-bond donors (Lipinski definition) is 2. The number of carbonyl (C=O) groups is 2. The van der Waals surface area contributed by atoms with Gasteiger partial charge in [0.05, 0.1) is 24.0 Å². The highest BCUT2D eigenvalue weighted by Gasteiger charge is 2.40. The molecule has 1 atom stereocenters. The van der Waals surface area contributed by atoms with Crippen molar-refractivity contribution in [3.8, 4) is 5.75 Å². The highest BCUT2D eigenvalue weighted by Crippen LogP contribution is 2.33. The fourth-order valence-corrected chi connectivity index (χ4v) is 3.07. The van der Waals surface area contributed by atoms with Gasteiger partial charge in [-0.3, -0.25) is 15.0 Å². The monoisotopic (exact) mass is 350 g/mol. The van der Waals surface area contributed by atoms with Gasteiger partial charge in [0.2, 0.25) is 0 Å². The van der Waals surface area contributed by atoms with Crippen molar-refractivity contribution in [1.82, 2.24) is 15.3 Å². The molecule has 7 heteroatoms. The molecule has 26 heavy (non-hydrogen) atoms. The Hall–Kier alpha value is -3.35. The number of aromatic amines is 1. The standard InChI is InChI=1S/C19H18N4O3/c1-2-9-26-14-6-3-12(4-7-14)17-18(24)22-19(25)23(17)13-5-8-15-16(10-13)21-11-20-15/h3-8,10-11,17H,2,9H2,1H3,(H,20,21)(H,22,24,25)/t17-/m1/s1. The lowest BCUT2D eigenvalue weighted by Gasteiger charge is -2.22. The topological polar surface area (TPSA) is 87.3 Å². The van der Waals surface area contributed by atoms with Gasteiger partial charge in [0.1, 0.15) is 11.8 Å². The summed E-state index contributed by atoms with van der Waals surface area (Å²) in [7, 11) is 0. The molecule has 0 spiro atoms. The number of hydrogen-bond acceptors (Lipinski definition) is 4. The first-order valence-electron chi connectivity index (χ1n) is 8.47. The maximum absolute atomic E-state index is 12.4. The molecule has 1 saturated heterocycles. The van der Waals surface area contributed by atoms with Crippen molar-refractivity contribution in [1.29, 1.82) is 0 Å². The van der Waals surface area contributed by atoms with Crippen LogP contribution in [0.4, 0.5) is 10.5 Å². The zero-order valence-corrected chi connectivity index (χ0v) is 14.2. The van der Waals surface area contributed by atoms with Crippen molar-refractivity contribution >= 4 is 28.7 Å². The van der Waals surface area contributed by atoms with Gasteiger partial charge in [-0.05, 0) is 42.3 Å². The van der Waals surface area contributed by atoms with Gasteiger partial charge < -0.3 is 9.72 Å². The van der Waals surface area contributed by atoms with E-state index in [4.69, 9.17) is 4.74 Å². The molecule has 0 radical (unpaired) electrons. The molecule has 0 aliphatic carbocycles. The van der Waals surface area contributed by atoms with E-state index in [-0.39, 0.29) is 5.91 Å². The summed E-state index contributed by atoms with van der Waals surface area (Å²) in [4.78, 5) is 33.5. The Morgan fingerprint density at radius 2 is 1.96 bits per heavy atom. The number of fused-ring (bicyclic) bond motifs is 1. The zero-order valence-electron chi connectivity index (χ0n) is 14.2. The van der Waals surface area contributed by atoms with Gasteiger partial charge in [-0.15, -0.1) is 0 Å². The Labute approximate surface area is 150 Å². The summed E-state index contributed by atoms with van der Waals surface area (Å²) in [5.74, 6) is 0.393. The number of imide groups is 1. The lowest BCUT2D eigenvalue weighted by atomic mass is 10.0. The number of carbonyl (C=O) groups excluding carboxylic acids is 2. The van der Waals surface area contributed by atoms with Crippen LogP contribution in [0.15, 0.2) is 48.8 Å². The van der Waals surface area contributed by atoms with Crippen LogP contribution >= 0.6 is 0 Å². The first-order valence-corrected chi connectivity index (χ1v) is 8.47. The van der Waals surface area contributed by atoms with Crippen molar-refractivity contribution in [3.63, 3.8) is 0 Å². The molecule has 0 saturated carbocycles. The molecule has 1 aromatic heterocycles. The van der Waals surface area contributed by atoms with Crippen LogP contribution in [0.1, 0.15) is 24.9 Å². The van der Waals surface area contributed by atoms with Crippen LogP contribution in [0.25, 0.3) is 11.0 Å². The Morgan fingerprint density at radius 3 is 2.73 bits per heavy atom. The largest absolute Gasteiger partial charge is 0.494 e. The number of H-pyrrole nitrogens is 1. The summed E-state index contributed by atoms with van der Waals surface area (Å²) >= 11 is 0. The van der Waals surface area contributed by atoms with E-state index in [2.05, 4.69) is 15.3 Å². The molecule has 7 nitrogen and oxygen atoms in total. The Bertz CT molecular complexity index is 964. The first kappa shape index (κ1) is 16.1. The van der Waals surface area contributed by atoms with E-state index >= 15 is 0 Å². The Kier molecular flexibility index (Phi) is 4.04. The quantitative estimate of drug-likeness (QED) is 0.692. The minimum Gasteiger partial charge on any atom is -0.494 e. The van der Waals surface area contributed by atoms with Gasteiger partial charge >= 0.3 is 6.03 Å². The lowest BCUT2D eigenvalue weighted by molar-refractivity contribution is -0.119. The van der Waals surface area contributed by atoms with E-state index in [1.165, 1.54) is 4.90 Å². The van der Waals surface area contributed by atoms with Crippen LogP contribution in [0, 0.1) is 0 Å². The van der Waals surface area contributed by atoms with Crippen LogP contribution < -0.4 is 15.0 Å². The minimum atomic E-state index is -0.723. The number of nitrogens with one attached hydrogen (secondary N) is 2. The smallest absolute Gasteiger partial charge is 0.329 e. The van der Waals surface area contributed by atoms with Gasteiger partial charge in [0.15, 0.2) is 0 Å². The predicted molar refractivity (Wildman–Crippen MR) is 97.1 cm³/mol. The first-order chi connectivity index (χ1) is 12.7. The highest BCUT2D eigenvalue weighted by molar-refractivity contribution is 6.14. The highest BCUT2D eigenvalue weighted by atomic mass is 16.5. The number of ether oxygens (including phenoxy) is 1. The second-order valence-electron chi connectivity index (χ2n) is 6.09. The maximum Gasteiger partial charge on any atom is 0.329 e. The van der Waals surface area contributed by atoms with Crippen LogP contribution in [0.2, 0.25) is 0 Å². The van der Waals surface area contributed by atoms with Crippen molar-refractivity contribution in [2.24, 2.45) is 0 Å². The summed E-state index contributed by atoms with van der Waals surface area (Å²) in [5.41, 5.74) is 2.94. The van der Waals surface area contributed by atoms with Crippen molar-refractivity contribution in [3.05, 3.63) is 54.4 Å². The van der Waals surface area contributed by atoms with E-state index in [0.29, 0.717) is 12.3 Å². The van der Waals surface area contributed by atoms with Crippen LogP contribution in [0.3, 0.4) is 0 Å². The molecule has 1 aliphatic heterocycles. The number of anilines is 1. The van der Waals surface area contributed by atoms with Crippen molar-refractivity contribution in [2.75, 3.05) is 11.5 Å². The molecule has 2 N–H and O–H groups in total. The molecular weight excluding hydrogens is 332 g/mol. The average Bonchev–Trinajstić information content (AvgIpc) is 3.23. The molecule has 3 aromatic rings. The molecule has 2 heterocycles. The average molecular weight is 350 g/mol. The van der Waals surface area contributed by atoms with E-state index in [1.54, 1.807) is 18.5 Å². The summed E-state index contributed by atoms with van der Waals surface area (Å²) in [6.45, 7) is 2.68. The third-order valence-electron chi connectivity index (χ3n) is 4.31. The van der Waals surface area contributed by atoms with E-state index < -0.39 is 12.1 Å². The molecule has 0 bridgehead atoms. The van der Waals surface area contributed by atoms with E-state index in [9.17, 15) is 9.59 Å². The normalized spacial score (nSPS) is 17.0. The molecule has 0 unspecified atom stereocenters. The van der Waals surface area contributed by atoms with Crippen molar-refractivity contribution in [2.45, 2.75) is 19.4 Å². The second-order valence-corrected chi connectivity index (χ2v) is 6.09. The van der Waals surface area contributed by atoms with E-state index in [1.807, 2.05) is 37.3 Å². The molecule has 132 valence electrons. The number of urea groups is 1. The van der Waals surface area contributed by atoms with Gasteiger partial charge in [0, 0.05) is 5.69 Å². The number of imidazole rings is 1. The van der Waals surface area contributed by atoms with Gasteiger partial charge in [-0.1, -0.05) is 19.1 Å².